The van der Waals surface area contributed by atoms with Crippen molar-refractivity contribution < 1.29 is 18.0 Å². The minimum absolute atomic E-state index is 0.101. The summed E-state index contributed by atoms with van der Waals surface area (Å²) in [7, 11) is -3.54. The van der Waals surface area contributed by atoms with Crippen LogP contribution >= 0.6 is 11.6 Å². The van der Waals surface area contributed by atoms with Crippen LogP contribution in [0.3, 0.4) is 0 Å². The Morgan fingerprint density at radius 2 is 1.78 bits per heavy atom. The number of amides is 2. The summed E-state index contributed by atoms with van der Waals surface area (Å²) in [5.74, 6) is -0.436. The fraction of sp³-hybridized carbons (Fsp3) is 0.481. The molecule has 0 aliphatic heterocycles. The third-order valence-electron chi connectivity index (χ3n) is 6.24. The van der Waals surface area contributed by atoms with Crippen molar-refractivity contribution in [1.82, 2.24) is 10.2 Å². The van der Waals surface area contributed by atoms with Gasteiger partial charge in [-0.2, -0.15) is 0 Å². The van der Waals surface area contributed by atoms with E-state index in [4.69, 9.17) is 11.6 Å². The van der Waals surface area contributed by atoms with Gasteiger partial charge in [0.05, 0.1) is 11.9 Å². The zero-order valence-corrected chi connectivity index (χ0v) is 23.5. The predicted octanol–water partition coefficient (Wildman–Crippen LogP) is 4.84. The van der Waals surface area contributed by atoms with Crippen molar-refractivity contribution in [3.63, 3.8) is 0 Å². The number of benzene rings is 2. The van der Waals surface area contributed by atoms with E-state index in [9.17, 15) is 18.0 Å². The van der Waals surface area contributed by atoms with Gasteiger partial charge in [0, 0.05) is 31.1 Å². The van der Waals surface area contributed by atoms with Gasteiger partial charge in [0.1, 0.15) is 6.04 Å². The largest absolute Gasteiger partial charge is 0.354 e. The van der Waals surface area contributed by atoms with Crippen molar-refractivity contribution in [2.75, 3.05) is 23.7 Å². The molecular formula is C27H38ClN3O4S. The van der Waals surface area contributed by atoms with Crippen molar-refractivity contribution in [2.24, 2.45) is 0 Å². The monoisotopic (exact) mass is 535 g/mol. The van der Waals surface area contributed by atoms with Gasteiger partial charge in [-0.3, -0.25) is 13.9 Å². The van der Waals surface area contributed by atoms with Gasteiger partial charge in [-0.15, -0.1) is 0 Å². The molecule has 2 aromatic carbocycles. The first-order valence-corrected chi connectivity index (χ1v) is 14.5. The molecule has 1 atom stereocenters. The van der Waals surface area contributed by atoms with Crippen LogP contribution < -0.4 is 9.62 Å². The van der Waals surface area contributed by atoms with Gasteiger partial charge < -0.3 is 10.2 Å². The molecule has 0 aromatic heterocycles. The summed E-state index contributed by atoms with van der Waals surface area (Å²) >= 11 is 6.13. The van der Waals surface area contributed by atoms with Crippen LogP contribution in [-0.2, 0) is 26.2 Å². The van der Waals surface area contributed by atoms with Gasteiger partial charge in [-0.1, -0.05) is 49.2 Å². The summed E-state index contributed by atoms with van der Waals surface area (Å²) in [6.07, 6.45) is 3.40. The predicted molar refractivity (Wildman–Crippen MR) is 147 cm³/mol. The minimum atomic E-state index is -3.54. The number of halogens is 1. The lowest BCUT2D eigenvalue weighted by molar-refractivity contribution is -0.140. The van der Waals surface area contributed by atoms with E-state index in [1.165, 1.54) is 15.5 Å². The molecule has 2 rings (SSSR count). The van der Waals surface area contributed by atoms with Gasteiger partial charge in [0.25, 0.3) is 0 Å². The summed E-state index contributed by atoms with van der Waals surface area (Å²) in [6.45, 7) is 8.53. The lowest BCUT2D eigenvalue weighted by Crippen LogP contribution is -2.48. The Kier molecular flexibility index (Phi) is 11.2. The fourth-order valence-electron chi connectivity index (χ4n) is 3.94. The highest BCUT2D eigenvalue weighted by molar-refractivity contribution is 7.92. The highest BCUT2D eigenvalue weighted by Gasteiger charge is 2.27. The molecule has 0 bridgehead atoms. The van der Waals surface area contributed by atoms with Crippen molar-refractivity contribution >= 4 is 39.1 Å². The number of rotatable bonds is 13. The van der Waals surface area contributed by atoms with Crippen LogP contribution in [-0.4, -0.2) is 50.5 Å². The maximum Gasteiger partial charge on any atom is 0.242 e. The molecule has 0 radical (unpaired) electrons. The molecule has 0 saturated heterocycles. The van der Waals surface area contributed by atoms with E-state index in [1.54, 1.807) is 31.2 Å². The molecule has 1 unspecified atom stereocenters. The molecule has 9 heteroatoms. The van der Waals surface area contributed by atoms with E-state index in [-0.39, 0.29) is 31.3 Å². The molecule has 1 N–H and O–H groups in total. The Morgan fingerprint density at radius 1 is 1.08 bits per heavy atom. The lowest BCUT2D eigenvalue weighted by atomic mass is 10.1. The minimum Gasteiger partial charge on any atom is -0.354 e. The maximum atomic E-state index is 13.3. The zero-order chi connectivity index (χ0) is 26.9. The summed E-state index contributed by atoms with van der Waals surface area (Å²) < 4.78 is 26.5. The molecule has 0 aliphatic rings. The van der Waals surface area contributed by atoms with Crippen LogP contribution in [0.2, 0.25) is 5.02 Å². The average Bonchev–Trinajstić information content (AvgIpc) is 2.81. The second-order valence-electron chi connectivity index (χ2n) is 9.13. The van der Waals surface area contributed by atoms with Crippen LogP contribution in [0.15, 0.2) is 42.5 Å². The molecule has 2 amide bonds. The highest BCUT2D eigenvalue weighted by Crippen LogP contribution is 2.25. The Morgan fingerprint density at radius 3 is 2.42 bits per heavy atom. The molecule has 0 aliphatic carbocycles. The number of nitrogens with one attached hydrogen (secondary N) is 1. The van der Waals surface area contributed by atoms with Crippen molar-refractivity contribution in [3.05, 3.63) is 64.2 Å². The number of unbranched alkanes of at least 4 members (excludes halogenated alkanes) is 1. The topological polar surface area (TPSA) is 86.8 Å². The zero-order valence-electron chi connectivity index (χ0n) is 21.9. The Hall–Kier alpha value is -2.58. The maximum absolute atomic E-state index is 13.3. The SMILES string of the molecule is CCCCNC(=O)C(C)N(Cc1cccc(Cl)c1)C(=O)CCCN(c1cccc(C)c1C)S(C)(=O)=O. The molecular weight excluding hydrogens is 498 g/mol. The van der Waals surface area contributed by atoms with Gasteiger partial charge in [-0.05, 0) is 68.5 Å². The van der Waals surface area contributed by atoms with E-state index in [0.29, 0.717) is 23.7 Å². The first-order valence-electron chi connectivity index (χ1n) is 12.3. The first kappa shape index (κ1) is 29.6. The van der Waals surface area contributed by atoms with E-state index in [0.717, 1.165) is 29.5 Å². The molecule has 0 saturated carbocycles. The molecule has 36 heavy (non-hydrogen) atoms. The highest BCUT2D eigenvalue weighted by atomic mass is 35.5. The number of carbonyl (C=O) groups excluding carboxylic acids is 2. The normalized spacial score (nSPS) is 12.2. The number of sulfonamides is 1. The quantitative estimate of drug-likeness (QED) is 0.372. The van der Waals surface area contributed by atoms with E-state index in [2.05, 4.69) is 5.32 Å². The Balaban J connectivity index is 2.18. The van der Waals surface area contributed by atoms with Gasteiger partial charge in [-0.25, -0.2) is 8.42 Å². The number of hydrogen-bond acceptors (Lipinski definition) is 4. The third-order valence-corrected chi connectivity index (χ3v) is 7.65. The van der Waals surface area contributed by atoms with Crippen molar-refractivity contribution in [1.29, 1.82) is 0 Å². The summed E-state index contributed by atoms with van der Waals surface area (Å²) in [6, 6.07) is 12.1. The van der Waals surface area contributed by atoms with Crippen LogP contribution in [0.4, 0.5) is 5.69 Å². The number of nitrogens with zero attached hydrogens (tertiary/aromatic N) is 2. The molecule has 0 fully saturated rings. The molecule has 0 spiro atoms. The molecule has 198 valence electrons. The van der Waals surface area contributed by atoms with Crippen molar-refractivity contribution in [3.8, 4) is 0 Å². The van der Waals surface area contributed by atoms with Gasteiger partial charge in [0.15, 0.2) is 0 Å². The fourth-order valence-corrected chi connectivity index (χ4v) is 5.17. The van der Waals surface area contributed by atoms with Crippen LogP contribution in [0.1, 0.15) is 56.2 Å². The summed E-state index contributed by atoms with van der Waals surface area (Å²) in [5, 5.41) is 3.45. The van der Waals surface area contributed by atoms with Crippen LogP contribution in [0.5, 0.6) is 0 Å². The first-order chi connectivity index (χ1) is 17.0. The summed E-state index contributed by atoms with van der Waals surface area (Å²) in [5.41, 5.74) is 3.31. The standard InChI is InChI=1S/C27H38ClN3O4S/c1-6-7-16-29-27(33)22(4)30(19-23-12-9-13-24(28)18-23)26(32)15-10-17-31(36(5,34)35)25-14-8-11-20(2)21(25)3/h8-9,11-14,18,22H,6-7,10,15-17,19H2,1-5H3,(H,29,33). The Bertz CT molecular complexity index is 1150. The number of hydrogen-bond donors (Lipinski definition) is 1. The van der Waals surface area contributed by atoms with Crippen LogP contribution in [0.25, 0.3) is 0 Å². The molecule has 7 nitrogen and oxygen atoms in total. The number of anilines is 1. The van der Waals surface area contributed by atoms with E-state index < -0.39 is 16.1 Å². The van der Waals surface area contributed by atoms with Crippen molar-refractivity contribution in [2.45, 2.75) is 66.0 Å². The Labute approximate surface area is 220 Å². The second kappa shape index (κ2) is 13.7. The second-order valence-corrected chi connectivity index (χ2v) is 11.5. The van der Waals surface area contributed by atoms with Gasteiger partial charge in [0.2, 0.25) is 21.8 Å². The summed E-state index contributed by atoms with van der Waals surface area (Å²) in [4.78, 5) is 27.6. The lowest BCUT2D eigenvalue weighted by Gasteiger charge is -2.30. The van der Waals surface area contributed by atoms with Gasteiger partial charge >= 0.3 is 0 Å². The third kappa shape index (κ3) is 8.52. The number of carbonyl (C=O) groups is 2. The molecule has 0 heterocycles. The smallest absolute Gasteiger partial charge is 0.242 e. The van der Waals surface area contributed by atoms with Crippen LogP contribution in [0, 0.1) is 13.8 Å². The molecule has 2 aromatic rings. The average molecular weight is 536 g/mol. The van der Waals surface area contributed by atoms with E-state index in [1.807, 2.05) is 39.0 Å². The van der Waals surface area contributed by atoms with E-state index >= 15 is 0 Å². The number of aryl methyl sites for hydroxylation is 1.